The summed E-state index contributed by atoms with van der Waals surface area (Å²) < 4.78 is 0. The fraction of sp³-hybridized carbons (Fsp3) is 0.625. The molecule has 1 fully saturated rings. The van der Waals surface area contributed by atoms with Crippen LogP contribution < -0.4 is 0 Å². The van der Waals surface area contributed by atoms with Gasteiger partial charge in [0.15, 0.2) is 0 Å². The summed E-state index contributed by atoms with van der Waals surface area (Å²) in [5.74, 6) is 0. The maximum atomic E-state index is 9.90. The molecular formula is C16H24Cl2N2O. The van der Waals surface area contributed by atoms with Crippen LogP contribution in [-0.4, -0.2) is 53.7 Å². The molecule has 0 saturated carbocycles. The second-order valence-corrected chi connectivity index (χ2v) is 6.54. The zero-order chi connectivity index (χ0) is 15.4. The fourth-order valence-corrected chi connectivity index (χ4v) is 3.87. The highest BCUT2D eigenvalue weighted by Crippen LogP contribution is 2.35. The minimum atomic E-state index is -0.134. The van der Waals surface area contributed by atoms with Crippen molar-refractivity contribution in [2.75, 3.05) is 32.8 Å². The van der Waals surface area contributed by atoms with Crippen molar-refractivity contribution in [1.82, 2.24) is 9.80 Å². The normalized spacial score (nSPS) is 22.4. The van der Waals surface area contributed by atoms with Gasteiger partial charge >= 0.3 is 0 Å². The number of rotatable bonds is 5. The lowest BCUT2D eigenvalue weighted by Crippen LogP contribution is -2.53. The largest absolute Gasteiger partial charge is 0.394 e. The van der Waals surface area contributed by atoms with Crippen LogP contribution >= 0.6 is 23.2 Å². The quantitative estimate of drug-likeness (QED) is 0.895. The van der Waals surface area contributed by atoms with Gasteiger partial charge in [0.05, 0.1) is 12.6 Å². The van der Waals surface area contributed by atoms with E-state index in [0.717, 1.165) is 31.7 Å². The van der Waals surface area contributed by atoms with Crippen LogP contribution in [0, 0.1) is 0 Å². The average molecular weight is 331 g/mol. The van der Waals surface area contributed by atoms with Gasteiger partial charge in [-0.2, -0.15) is 0 Å². The molecule has 1 N–H and O–H groups in total. The average Bonchev–Trinajstić information content (AvgIpc) is 2.44. The number of piperazine rings is 1. The Morgan fingerprint density at radius 1 is 1.29 bits per heavy atom. The Morgan fingerprint density at radius 3 is 2.48 bits per heavy atom. The van der Waals surface area contributed by atoms with Gasteiger partial charge < -0.3 is 10.0 Å². The van der Waals surface area contributed by atoms with Gasteiger partial charge in [0, 0.05) is 41.3 Å². The van der Waals surface area contributed by atoms with Crippen molar-refractivity contribution in [3.8, 4) is 0 Å². The first kappa shape index (κ1) is 17.0. The molecule has 3 nitrogen and oxygen atoms in total. The van der Waals surface area contributed by atoms with E-state index in [-0.39, 0.29) is 12.6 Å². The first-order valence-electron chi connectivity index (χ1n) is 7.61. The van der Waals surface area contributed by atoms with Gasteiger partial charge in [0.1, 0.15) is 0 Å². The lowest BCUT2D eigenvalue weighted by Gasteiger charge is -2.44. The zero-order valence-electron chi connectivity index (χ0n) is 12.7. The summed E-state index contributed by atoms with van der Waals surface area (Å²) in [5, 5.41) is 11.2. The van der Waals surface area contributed by atoms with E-state index in [4.69, 9.17) is 23.2 Å². The summed E-state index contributed by atoms with van der Waals surface area (Å²) in [6, 6.07) is 5.75. The molecule has 1 aromatic carbocycles. The van der Waals surface area contributed by atoms with Crippen molar-refractivity contribution in [3.63, 3.8) is 0 Å². The van der Waals surface area contributed by atoms with Gasteiger partial charge in [0.2, 0.25) is 0 Å². The van der Waals surface area contributed by atoms with Gasteiger partial charge in [-0.25, -0.2) is 0 Å². The Morgan fingerprint density at radius 2 is 1.95 bits per heavy atom. The van der Waals surface area contributed by atoms with E-state index >= 15 is 0 Å². The SMILES string of the molecule is CCCN1CCN(C(CO)c2c(Cl)cccc2Cl)C(C)C1. The standard InChI is InChI=1S/C16H24Cl2N2O/c1-3-7-19-8-9-20(12(2)10-19)15(11-21)16-13(17)5-4-6-14(16)18/h4-6,12,15,21H,3,7-11H2,1-2H3. The monoisotopic (exact) mass is 330 g/mol. The molecular weight excluding hydrogens is 307 g/mol. The molecule has 1 heterocycles. The van der Waals surface area contributed by atoms with Crippen LogP contribution in [0.25, 0.3) is 0 Å². The van der Waals surface area contributed by atoms with E-state index in [0.29, 0.717) is 16.1 Å². The Bertz CT molecular complexity index is 449. The van der Waals surface area contributed by atoms with Crippen LogP contribution in [0.1, 0.15) is 31.9 Å². The molecule has 0 amide bonds. The summed E-state index contributed by atoms with van der Waals surface area (Å²) in [5.41, 5.74) is 0.846. The number of aliphatic hydroxyl groups is 1. The van der Waals surface area contributed by atoms with Crippen LogP contribution in [0.4, 0.5) is 0 Å². The lowest BCUT2D eigenvalue weighted by atomic mass is 10.0. The topological polar surface area (TPSA) is 26.7 Å². The molecule has 0 spiro atoms. The van der Waals surface area contributed by atoms with E-state index in [1.165, 1.54) is 6.42 Å². The first-order chi connectivity index (χ1) is 10.1. The van der Waals surface area contributed by atoms with Crippen molar-refractivity contribution in [3.05, 3.63) is 33.8 Å². The van der Waals surface area contributed by atoms with Gasteiger partial charge in [-0.15, -0.1) is 0 Å². The number of benzene rings is 1. The first-order valence-corrected chi connectivity index (χ1v) is 8.37. The molecule has 2 unspecified atom stereocenters. The Balaban J connectivity index is 2.19. The molecule has 5 heteroatoms. The summed E-state index contributed by atoms with van der Waals surface area (Å²) >= 11 is 12.6. The maximum Gasteiger partial charge on any atom is 0.0629 e. The van der Waals surface area contributed by atoms with E-state index in [2.05, 4.69) is 23.6 Å². The van der Waals surface area contributed by atoms with Crippen LogP contribution in [0.2, 0.25) is 10.0 Å². The molecule has 2 atom stereocenters. The van der Waals surface area contributed by atoms with Crippen LogP contribution in [-0.2, 0) is 0 Å². The van der Waals surface area contributed by atoms with Crippen LogP contribution in [0.15, 0.2) is 18.2 Å². The molecule has 0 radical (unpaired) electrons. The van der Waals surface area contributed by atoms with Crippen LogP contribution in [0.3, 0.4) is 0 Å². The third kappa shape index (κ3) is 3.91. The van der Waals surface area contributed by atoms with Gasteiger partial charge in [-0.3, -0.25) is 4.90 Å². The smallest absolute Gasteiger partial charge is 0.0629 e. The molecule has 21 heavy (non-hydrogen) atoms. The predicted octanol–water partition coefficient (Wildman–Crippen LogP) is 3.44. The maximum absolute atomic E-state index is 9.90. The number of nitrogens with zero attached hydrogens (tertiary/aromatic N) is 2. The Labute approximate surface area is 137 Å². The van der Waals surface area contributed by atoms with Crippen molar-refractivity contribution >= 4 is 23.2 Å². The fourth-order valence-electron chi connectivity index (χ4n) is 3.22. The van der Waals surface area contributed by atoms with E-state index < -0.39 is 0 Å². The van der Waals surface area contributed by atoms with Crippen molar-refractivity contribution in [2.45, 2.75) is 32.4 Å². The number of aliphatic hydroxyl groups excluding tert-OH is 1. The second-order valence-electron chi connectivity index (χ2n) is 5.72. The minimum Gasteiger partial charge on any atom is -0.394 e. The van der Waals surface area contributed by atoms with E-state index in [9.17, 15) is 5.11 Å². The number of hydrogen-bond donors (Lipinski definition) is 1. The zero-order valence-corrected chi connectivity index (χ0v) is 14.2. The van der Waals surface area contributed by atoms with Gasteiger partial charge in [-0.05, 0) is 32.0 Å². The predicted molar refractivity (Wildman–Crippen MR) is 89.2 cm³/mol. The van der Waals surface area contributed by atoms with E-state index in [1.807, 2.05) is 18.2 Å². The molecule has 0 aliphatic carbocycles. The molecule has 1 saturated heterocycles. The molecule has 0 bridgehead atoms. The Hall–Kier alpha value is -0.320. The van der Waals surface area contributed by atoms with Crippen LogP contribution in [0.5, 0.6) is 0 Å². The number of hydrogen-bond acceptors (Lipinski definition) is 3. The Kier molecular flexibility index (Phi) is 6.33. The molecule has 1 aliphatic heterocycles. The second kappa shape index (κ2) is 7.80. The molecule has 118 valence electrons. The minimum absolute atomic E-state index is 0.0293. The summed E-state index contributed by atoms with van der Waals surface area (Å²) in [6.07, 6.45) is 1.17. The summed E-state index contributed by atoms with van der Waals surface area (Å²) in [7, 11) is 0. The van der Waals surface area contributed by atoms with Gasteiger partial charge in [-0.1, -0.05) is 36.2 Å². The van der Waals surface area contributed by atoms with Crippen molar-refractivity contribution in [1.29, 1.82) is 0 Å². The highest BCUT2D eigenvalue weighted by atomic mass is 35.5. The lowest BCUT2D eigenvalue weighted by molar-refractivity contribution is 0.0253. The third-order valence-electron chi connectivity index (χ3n) is 4.21. The molecule has 1 aromatic rings. The van der Waals surface area contributed by atoms with E-state index in [1.54, 1.807) is 0 Å². The highest BCUT2D eigenvalue weighted by molar-refractivity contribution is 6.36. The summed E-state index contributed by atoms with van der Waals surface area (Å²) in [4.78, 5) is 4.79. The number of halogens is 2. The summed E-state index contributed by atoms with van der Waals surface area (Å²) in [6.45, 7) is 8.54. The van der Waals surface area contributed by atoms with Crippen molar-refractivity contribution in [2.24, 2.45) is 0 Å². The highest BCUT2D eigenvalue weighted by Gasteiger charge is 2.31. The molecule has 0 aromatic heterocycles. The molecule has 1 aliphatic rings. The molecule has 2 rings (SSSR count). The van der Waals surface area contributed by atoms with Crippen molar-refractivity contribution < 1.29 is 5.11 Å². The van der Waals surface area contributed by atoms with Gasteiger partial charge in [0.25, 0.3) is 0 Å². The third-order valence-corrected chi connectivity index (χ3v) is 4.87.